The minimum absolute atomic E-state index is 0.246. The first-order chi connectivity index (χ1) is 10.8. The van der Waals surface area contributed by atoms with Crippen molar-refractivity contribution in [3.8, 4) is 17.1 Å². The second kappa shape index (κ2) is 5.46. The van der Waals surface area contributed by atoms with Crippen LogP contribution in [0.1, 0.15) is 18.0 Å². The maximum Gasteiger partial charge on any atom is 0.183 e. The Bertz CT molecular complexity index is 795. The Labute approximate surface area is 132 Å². The Kier molecular flexibility index (Phi) is 3.31. The number of nitrogens with zero attached hydrogens (tertiary/aromatic N) is 3. The third-order valence-electron chi connectivity index (χ3n) is 3.84. The zero-order valence-corrected chi connectivity index (χ0v) is 13.0. The van der Waals surface area contributed by atoms with Gasteiger partial charge in [0.25, 0.3) is 0 Å². The van der Waals surface area contributed by atoms with Gasteiger partial charge in [0.05, 0.1) is 18.3 Å². The van der Waals surface area contributed by atoms with E-state index in [1.807, 2.05) is 36.0 Å². The molecule has 1 N–H and O–H groups in total. The van der Waals surface area contributed by atoms with E-state index in [1.165, 1.54) is 5.56 Å². The summed E-state index contributed by atoms with van der Waals surface area (Å²) < 4.78 is 7.54. The van der Waals surface area contributed by atoms with Crippen LogP contribution >= 0.6 is 11.3 Å². The molecule has 22 heavy (non-hydrogen) atoms. The van der Waals surface area contributed by atoms with E-state index < -0.39 is 0 Å². The maximum absolute atomic E-state index is 5.70. The molecular weight excluding hydrogens is 296 g/mol. The second-order valence-corrected chi connectivity index (χ2v) is 6.11. The molecule has 0 amide bonds. The molecule has 0 radical (unpaired) electrons. The molecule has 0 unspecified atom stereocenters. The average molecular weight is 312 g/mol. The largest absolute Gasteiger partial charge is 0.493 e. The molecule has 1 aromatic carbocycles. The highest BCUT2D eigenvalue weighted by Crippen LogP contribution is 2.35. The van der Waals surface area contributed by atoms with Crippen molar-refractivity contribution in [2.75, 3.05) is 11.9 Å². The molecule has 0 bridgehead atoms. The number of aryl methyl sites for hydroxylation is 1. The van der Waals surface area contributed by atoms with Crippen LogP contribution in [0.2, 0.25) is 0 Å². The number of rotatable bonds is 3. The van der Waals surface area contributed by atoms with Gasteiger partial charge in [0, 0.05) is 30.6 Å². The van der Waals surface area contributed by atoms with Crippen molar-refractivity contribution in [3.05, 3.63) is 47.5 Å². The maximum atomic E-state index is 5.70. The lowest BCUT2D eigenvalue weighted by Crippen LogP contribution is -2.20. The minimum atomic E-state index is 0.246. The van der Waals surface area contributed by atoms with Crippen LogP contribution in [0, 0.1) is 0 Å². The summed E-state index contributed by atoms with van der Waals surface area (Å²) in [5, 5.41) is 10.7. The van der Waals surface area contributed by atoms with Gasteiger partial charge in [-0.25, -0.2) is 4.98 Å². The number of para-hydroxylation sites is 1. The summed E-state index contributed by atoms with van der Waals surface area (Å²) in [6, 6.07) is 10.4. The molecule has 5 nitrogen and oxygen atoms in total. The molecule has 4 rings (SSSR count). The third-order valence-corrected chi connectivity index (χ3v) is 4.62. The van der Waals surface area contributed by atoms with E-state index in [4.69, 9.17) is 4.74 Å². The number of anilines is 1. The van der Waals surface area contributed by atoms with Gasteiger partial charge < -0.3 is 10.1 Å². The van der Waals surface area contributed by atoms with E-state index in [0.29, 0.717) is 0 Å². The normalized spacial score (nSPS) is 16.9. The van der Waals surface area contributed by atoms with Crippen LogP contribution in [0.5, 0.6) is 5.75 Å². The molecule has 0 aliphatic carbocycles. The van der Waals surface area contributed by atoms with Gasteiger partial charge in [-0.1, -0.05) is 18.2 Å². The Hall–Kier alpha value is -2.34. The van der Waals surface area contributed by atoms with E-state index in [9.17, 15) is 0 Å². The van der Waals surface area contributed by atoms with Crippen molar-refractivity contribution in [1.82, 2.24) is 14.8 Å². The Morgan fingerprint density at radius 1 is 1.32 bits per heavy atom. The van der Waals surface area contributed by atoms with Crippen molar-refractivity contribution in [2.45, 2.75) is 12.5 Å². The van der Waals surface area contributed by atoms with Gasteiger partial charge in [-0.3, -0.25) is 4.68 Å². The lowest BCUT2D eigenvalue weighted by atomic mass is 10.0. The number of ether oxygens (including phenoxy) is 1. The number of benzene rings is 1. The van der Waals surface area contributed by atoms with Crippen LogP contribution in [0.3, 0.4) is 0 Å². The van der Waals surface area contributed by atoms with Crippen LogP contribution in [-0.4, -0.2) is 21.4 Å². The minimum Gasteiger partial charge on any atom is -0.493 e. The third kappa shape index (κ3) is 2.35. The van der Waals surface area contributed by atoms with Crippen molar-refractivity contribution in [2.24, 2.45) is 7.05 Å². The Morgan fingerprint density at radius 2 is 2.23 bits per heavy atom. The average Bonchev–Trinajstić information content (AvgIpc) is 3.16. The second-order valence-electron chi connectivity index (χ2n) is 5.25. The van der Waals surface area contributed by atoms with E-state index in [-0.39, 0.29) is 6.04 Å². The molecule has 1 aliphatic rings. The van der Waals surface area contributed by atoms with Gasteiger partial charge in [-0.15, -0.1) is 11.3 Å². The summed E-state index contributed by atoms with van der Waals surface area (Å²) in [5.74, 6) is 0.967. The van der Waals surface area contributed by atoms with Crippen LogP contribution < -0.4 is 10.1 Å². The van der Waals surface area contributed by atoms with Crippen LogP contribution in [0.15, 0.2) is 41.9 Å². The van der Waals surface area contributed by atoms with Gasteiger partial charge in [0.2, 0.25) is 0 Å². The molecule has 0 saturated heterocycles. The highest BCUT2D eigenvalue weighted by Gasteiger charge is 2.21. The molecule has 1 atom stereocenters. The summed E-state index contributed by atoms with van der Waals surface area (Å²) in [4.78, 5) is 4.69. The van der Waals surface area contributed by atoms with Gasteiger partial charge in [0.15, 0.2) is 5.13 Å². The predicted molar refractivity (Wildman–Crippen MR) is 87.2 cm³/mol. The number of fused-ring (bicyclic) bond motifs is 1. The number of hydrogen-bond donors (Lipinski definition) is 1. The molecule has 0 spiro atoms. The Balaban J connectivity index is 1.58. The molecule has 1 aliphatic heterocycles. The van der Waals surface area contributed by atoms with Crippen molar-refractivity contribution in [3.63, 3.8) is 0 Å². The summed E-state index contributed by atoms with van der Waals surface area (Å²) >= 11 is 1.62. The molecule has 6 heteroatoms. The zero-order chi connectivity index (χ0) is 14.9. The molecular formula is C16H16N4OS. The number of nitrogens with one attached hydrogen (secondary N) is 1. The number of hydrogen-bond acceptors (Lipinski definition) is 5. The van der Waals surface area contributed by atoms with Crippen LogP contribution in [-0.2, 0) is 7.05 Å². The lowest BCUT2D eigenvalue weighted by molar-refractivity contribution is 0.274. The monoisotopic (exact) mass is 312 g/mol. The molecule has 2 aromatic heterocycles. The number of thiazole rings is 1. The summed E-state index contributed by atoms with van der Waals surface area (Å²) in [5.41, 5.74) is 3.18. The highest BCUT2D eigenvalue weighted by molar-refractivity contribution is 7.14. The molecule has 3 heterocycles. The summed E-state index contributed by atoms with van der Waals surface area (Å²) in [7, 11) is 1.93. The first kappa shape index (κ1) is 13.3. The molecule has 3 aromatic rings. The van der Waals surface area contributed by atoms with Crippen molar-refractivity contribution in [1.29, 1.82) is 0 Å². The van der Waals surface area contributed by atoms with Crippen LogP contribution in [0.25, 0.3) is 11.4 Å². The molecule has 0 saturated carbocycles. The van der Waals surface area contributed by atoms with Gasteiger partial charge in [-0.2, -0.15) is 5.10 Å². The number of aromatic nitrogens is 3. The van der Waals surface area contributed by atoms with Gasteiger partial charge in [0.1, 0.15) is 11.4 Å². The van der Waals surface area contributed by atoms with E-state index in [1.54, 1.807) is 17.5 Å². The first-order valence-electron chi connectivity index (χ1n) is 7.23. The zero-order valence-electron chi connectivity index (χ0n) is 12.2. The van der Waals surface area contributed by atoms with E-state index in [0.717, 1.165) is 35.3 Å². The van der Waals surface area contributed by atoms with Crippen molar-refractivity contribution >= 4 is 16.5 Å². The van der Waals surface area contributed by atoms with Gasteiger partial charge in [-0.05, 0) is 12.1 Å². The fourth-order valence-electron chi connectivity index (χ4n) is 2.72. The molecule has 0 fully saturated rings. The SMILES string of the molecule is Cn1nccc1-c1csc(N[C@H]2CCOc3ccccc32)n1. The lowest BCUT2D eigenvalue weighted by Gasteiger charge is -2.26. The summed E-state index contributed by atoms with van der Waals surface area (Å²) in [6.07, 6.45) is 2.73. The molecule has 112 valence electrons. The Morgan fingerprint density at radius 3 is 3.09 bits per heavy atom. The van der Waals surface area contributed by atoms with Gasteiger partial charge >= 0.3 is 0 Å². The van der Waals surface area contributed by atoms with Crippen molar-refractivity contribution < 1.29 is 4.74 Å². The first-order valence-corrected chi connectivity index (χ1v) is 8.11. The quantitative estimate of drug-likeness (QED) is 0.804. The summed E-state index contributed by atoms with van der Waals surface area (Å²) in [6.45, 7) is 0.731. The van der Waals surface area contributed by atoms with E-state index >= 15 is 0 Å². The highest BCUT2D eigenvalue weighted by atomic mass is 32.1. The van der Waals surface area contributed by atoms with E-state index in [2.05, 4.69) is 26.8 Å². The fraction of sp³-hybridized carbons (Fsp3) is 0.250. The predicted octanol–water partition coefficient (Wildman–Crippen LogP) is 3.48. The topological polar surface area (TPSA) is 52.0 Å². The smallest absolute Gasteiger partial charge is 0.183 e. The van der Waals surface area contributed by atoms with Crippen LogP contribution in [0.4, 0.5) is 5.13 Å². The fourth-order valence-corrected chi connectivity index (χ4v) is 3.48. The standard InChI is InChI=1S/C16H16N4OS/c1-20-14(6-8-17-20)13-10-22-16(19-13)18-12-7-9-21-15-5-3-2-4-11(12)15/h2-6,8,10,12H,7,9H2,1H3,(H,18,19)/t12-/m0/s1.